The van der Waals surface area contributed by atoms with Gasteiger partial charge in [0.05, 0.1) is 17.8 Å². The third-order valence-corrected chi connectivity index (χ3v) is 5.21. The zero-order valence-electron chi connectivity index (χ0n) is 18.0. The number of hydrogen-bond donors (Lipinski definition) is 4. The average Bonchev–Trinajstić information content (AvgIpc) is 3.34. The summed E-state index contributed by atoms with van der Waals surface area (Å²) in [5, 5.41) is 12.3. The number of guanidine groups is 1. The van der Waals surface area contributed by atoms with Crippen molar-refractivity contribution in [3.63, 3.8) is 0 Å². The van der Waals surface area contributed by atoms with Crippen LogP contribution in [0.15, 0.2) is 65.8 Å². The lowest BCUT2D eigenvalue weighted by atomic mass is 10.1. The Kier molecular flexibility index (Phi) is 6.85. The van der Waals surface area contributed by atoms with Crippen LogP contribution in [0.3, 0.4) is 0 Å². The smallest absolute Gasteiger partial charge is 0.258 e. The molecule has 0 fully saturated rings. The lowest BCUT2D eigenvalue weighted by Crippen LogP contribution is -2.33. The molecule has 4 rings (SSSR count). The van der Waals surface area contributed by atoms with Gasteiger partial charge < -0.3 is 21.3 Å². The average molecular weight is 463 g/mol. The Morgan fingerprint density at radius 2 is 1.85 bits per heavy atom. The maximum atomic E-state index is 12.8. The maximum Gasteiger partial charge on any atom is 0.258 e. The van der Waals surface area contributed by atoms with E-state index in [2.05, 4.69) is 31.2 Å². The van der Waals surface area contributed by atoms with Crippen molar-refractivity contribution in [1.82, 2.24) is 15.6 Å². The van der Waals surface area contributed by atoms with Gasteiger partial charge in [-0.25, -0.2) is 4.98 Å². The Bertz CT molecular complexity index is 1190. The number of amides is 2. The molecule has 0 aliphatic carbocycles. The lowest BCUT2D eigenvalue weighted by Gasteiger charge is -2.12. The fourth-order valence-electron chi connectivity index (χ4n) is 3.21. The number of nitrogens with one attached hydrogen (secondary N) is 4. The summed E-state index contributed by atoms with van der Waals surface area (Å²) in [4.78, 5) is 34.1. The van der Waals surface area contributed by atoms with E-state index in [0.717, 1.165) is 30.2 Å². The second-order valence-corrected chi connectivity index (χ2v) is 7.96. The summed E-state index contributed by atoms with van der Waals surface area (Å²) in [7, 11) is 0. The summed E-state index contributed by atoms with van der Waals surface area (Å²) in [6, 6.07) is 15.5. The molecule has 168 valence electrons. The van der Waals surface area contributed by atoms with Crippen molar-refractivity contribution in [3.05, 3.63) is 88.1 Å². The minimum atomic E-state index is -0.422. The number of nitrogens with zero attached hydrogens (tertiary/aromatic N) is 2. The largest absolute Gasteiger partial charge is 0.355 e. The fraction of sp³-hybridized carbons (Fsp3) is 0.167. The number of benzene rings is 2. The molecule has 0 atom stereocenters. The van der Waals surface area contributed by atoms with Gasteiger partial charge in [0.2, 0.25) is 0 Å². The van der Waals surface area contributed by atoms with Gasteiger partial charge in [-0.05, 0) is 54.4 Å². The summed E-state index contributed by atoms with van der Waals surface area (Å²) in [5.74, 6) is 0.437. The van der Waals surface area contributed by atoms with Gasteiger partial charge in [-0.3, -0.25) is 14.6 Å². The van der Waals surface area contributed by atoms with E-state index in [1.807, 2.05) is 25.1 Å². The predicted octanol–water partition coefficient (Wildman–Crippen LogP) is 3.60. The number of aryl methyl sites for hydroxylation is 1. The number of anilines is 2. The highest BCUT2D eigenvalue weighted by Gasteiger charge is 2.16. The Morgan fingerprint density at radius 1 is 1.03 bits per heavy atom. The highest BCUT2D eigenvalue weighted by molar-refractivity contribution is 6.31. The standard InChI is InChI=1S/C24H23ClN6O2/c1-15-2-9-21(28-13-15)31-23(33)19-12-18(25)7-8-20(19)30-22(32)17-5-3-16(4-6-17)14-29-24-26-10-11-27-24/h2-9,12-13H,10-11,14H2,1H3,(H,30,32)(H2,26,27,29)(H,28,31,33). The van der Waals surface area contributed by atoms with Crippen LogP contribution < -0.4 is 21.3 Å². The number of rotatable bonds is 6. The summed E-state index contributed by atoms with van der Waals surface area (Å²) >= 11 is 6.11. The van der Waals surface area contributed by atoms with Gasteiger partial charge in [0.1, 0.15) is 5.82 Å². The molecule has 0 radical (unpaired) electrons. The van der Waals surface area contributed by atoms with Gasteiger partial charge in [0, 0.05) is 29.9 Å². The molecule has 0 spiro atoms. The minimum Gasteiger partial charge on any atom is -0.355 e. The topological polar surface area (TPSA) is 108 Å². The molecule has 0 unspecified atom stereocenters. The summed E-state index contributed by atoms with van der Waals surface area (Å²) < 4.78 is 0. The molecule has 1 aromatic heterocycles. The van der Waals surface area contributed by atoms with E-state index in [1.54, 1.807) is 36.5 Å². The van der Waals surface area contributed by atoms with Gasteiger partial charge in [-0.2, -0.15) is 0 Å². The number of hydrogen-bond acceptors (Lipinski definition) is 6. The summed E-state index contributed by atoms with van der Waals surface area (Å²) in [5.41, 5.74) is 3.06. The number of aliphatic imine (C=N–C) groups is 1. The van der Waals surface area contributed by atoms with E-state index in [9.17, 15) is 9.59 Å². The van der Waals surface area contributed by atoms with E-state index >= 15 is 0 Å². The minimum absolute atomic E-state index is 0.240. The zero-order chi connectivity index (χ0) is 23.2. The highest BCUT2D eigenvalue weighted by Crippen LogP contribution is 2.23. The number of halogens is 1. The van der Waals surface area contributed by atoms with Crippen LogP contribution in [-0.4, -0.2) is 35.8 Å². The first-order chi connectivity index (χ1) is 16.0. The van der Waals surface area contributed by atoms with Crippen LogP contribution in [-0.2, 0) is 6.54 Å². The molecule has 9 heteroatoms. The molecular weight excluding hydrogens is 440 g/mol. The van der Waals surface area contributed by atoms with Gasteiger partial charge in [0.25, 0.3) is 11.8 Å². The van der Waals surface area contributed by atoms with E-state index < -0.39 is 5.91 Å². The fourth-order valence-corrected chi connectivity index (χ4v) is 3.38. The number of carbonyl (C=O) groups is 2. The monoisotopic (exact) mass is 462 g/mol. The molecule has 1 aliphatic rings. The van der Waals surface area contributed by atoms with Crippen molar-refractivity contribution >= 4 is 40.9 Å². The maximum absolute atomic E-state index is 12.8. The van der Waals surface area contributed by atoms with Gasteiger partial charge >= 0.3 is 0 Å². The van der Waals surface area contributed by atoms with Crippen molar-refractivity contribution in [2.45, 2.75) is 13.5 Å². The van der Waals surface area contributed by atoms with Crippen molar-refractivity contribution in [2.24, 2.45) is 4.99 Å². The Labute approximate surface area is 196 Å². The molecule has 4 N–H and O–H groups in total. The second-order valence-electron chi connectivity index (χ2n) is 7.53. The molecular formula is C24H23ClN6O2. The first-order valence-corrected chi connectivity index (χ1v) is 10.8. The molecule has 8 nitrogen and oxygen atoms in total. The van der Waals surface area contributed by atoms with Crippen LogP contribution in [0.5, 0.6) is 0 Å². The van der Waals surface area contributed by atoms with Crippen LogP contribution in [0.25, 0.3) is 0 Å². The first kappa shape index (κ1) is 22.3. The highest BCUT2D eigenvalue weighted by atomic mass is 35.5. The van der Waals surface area contributed by atoms with E-state index in [1.165, 1.54) is 6.07 Å². The Hall–Kier alpha value is -3.91. The van der Waals surface area contributed by atoms with Crippen LogP contribution in [0.2, 0.25) is 5.02 Å². The lowest BCUT2D eigenvalue weighted by molar-refractivity contribution is 0.102. The zero-order valence-corrected chi connectivity index (χ0v) is 18.7. The number of pyridine rings is 1. The molecule has 2 amide bonds. The van der Waals surface area contributed by atoms with Crippen molar-refractivity contribution in [3.8, 4) is 0 Å². The Balaban J connectivity index is 1.44. The van der Waals surface area contributed by atoms with E-state index in [0.29, 0.717) is 28.6 Å². The van der Waals surface area contributed by atoms with Gasteiger partial charge in [-0.15, -0.1) is 0 Å². The van der Waals surface area contributed by atoms with Crippen LogP contribution >= 0.6 is 11.6 Å². The molecule has 0 saturated carbocycles. The van der Waals surface area contributed by atoms with Crippen molar-refractivity contribution < 1.29 is 9.59 Å². The van der Waals surface area contributed by atoms with Crippen molar-refractivity contribution in [2.75, 3.05) is 23.7 Å². The molecule has 2 aromatic carbocycles. The Morgan fingerprint density at radius 3 is 2.55 bits per heavy atom. The van der Waals surface area contributed by atoms with Gasteiger partial charge in [-0.1, -0.05) is 29.8 Å². The molecule has 0 saturated heterocycles. The summed E-state index contributed by atoms with van der Waals surface area (Å²) in [6.07, 6.45) is 1.66. The van der Waals surface area contributed by atoms with Crippen molar-refractivity contribution in [1.29, 1.82) is 0 Å². The van der Waals surface area contributed by atoms with Crippen LogP contribution in [0.4, 0.5) is 11.5 Å². The van der Waals surface area contributed by atoms with E-state index in [4.69, 9.17) is 11.6 Å². The second kappa shape index (κ2) is 10.1. The molecule has 1 aliphatic heterocycles. The molecule has 0 bridgehead atoms. The summed E-state index contributed by atoms with van der Waals surface area (Å²) in [6.45, 7) is 4.12. The van der Waals surface area contributed by atoms with Crippen LogP contribution in [0.1, 0.15) is 31.8 Å². The first-order valence-electron chi connectivity index (χ1n) is 10.4. The van der Waals surface area contributed by atoms with E-state index in [-0.39, 0.29) is 11.5 Å². The third-order valence-electron chi connectivity index (χ3n) is 4.98. The predicted molar refractivity (Wildman–Crippen MR) is 130 cm³/mol. The normalized spacial score (nSPS) is 12.5. The third kappa shape index (κ3) is 5.87. The molecule has 33 heavy (non-hydrogen) atoms. The molecule has 2 heterocycles. The number of aromatic nitrogens is 1. The van der Waals surface area contributed by atoms with Crippen LogP contribution in [0, 0.1) is 6.92 Å². The SMILES string of the molecule is Cc1ccc(NC(=O)c2cc(Cl)ccc2NC(=O)c2ccc(CNC3=NCCN3)cc2)nc1. The van der Waals surface area contributed by atoms with Gasteiger partial charge in [0.15, 0.2) is 5.96 Å². The quantitative estimate of drug-likeness (QED) is 0.447. The molecule has 3 aromatic rings. The number of carbonyl (C=O) groups excluding carboxylic acids is 2.